The normalized spacial score (nSPS) is 11.3. The Hall–Kier alpha value is -2.82. The van der Waals surface area contributed by atoms with Gasteiger partial charge in [0.15, 0.2) is 0 Å². The summed E-state index contributed by atoms with van der Waals surface area (Å²) in [6, 6.07) is 5.94. The average molecular weight is 429 g/mol. The molecule has 0 aromatic heterocycles. The molecule has 0 fully saturated rings. The van der Waals surface area contributed by atoms with Crippen molar-refractivity contribution in [1.29, 1.82) is 0 Å². The molecule has 0 unspecified atom stereocenters. The molecule has 0 aliphatic carbocycles. The van der Waals surface area contributed by atoms with Crippen LogP contribution in [-0.4, -0.2) is 57.8 Å². The van der Waals surface area contributed by atoms with Crippen LogP contribution < -0.4 is 20.7 Å². The number of alkyl carbamates (subject to hydrolysis) is 1. The van der Waals surface area contributed by atoms with Gasteiger partial charge < -0.3 is 20.7 Å². The average Bonchev–Trinajstić information content (AvgIpc) is 2.56. The Balaban J connectivity index is 2.24. The van der Waals surface area contributed by atoms with Gasteiger partial charge >= 0.3 is 6.09 Å². The fraction of sp³-hybridized carbons (Fsp3) is 0.500. The molecule has 3 amide bonds. The van der Waals surface area contributed by atoms with Crippen LogP contribution in [0.15, 0.2) is 24.3 Å². The van der Waals surface area contributed by atoms with Crippen LogP contribution in [0, 0.1) is 0 Å². The van der Waals surface area contributed by atoms with E-state index < -0.39 is 21.7 Å². The quantitative estimate of drug-likeness (QED) is 0.429. The van der Waals surface area contributed by atoms with Crippen molar-refractivity contribution in [2.45, 2.75) is 32.8 Å². The molecule has 1 aromatic rings. The highest BCUT2D eigenvalue weighted by Crippen LogP contribution is 2.10. The Kier molecular flexibility index (Phi) is 8.89. The Morgan fingerprint density at radius 2 is 1.52 bits per heavy atom. The lowest BCUT2D eigenvalue weighted by atomic mass is 10.2. The topological polar surface area (TPSA) is 143 Å². The number of nitrogens with one attached hydrogen (secondary N) is 4. The van der Waals surface area contributed by atoms with Crippen LogP contribution in [0.25, 0.3) is 0 Å². The van der Waals surface area contributed by atoms with E-state index in [1.54, 1.807) is 20.8 Å². The van der Waals surface area contributed by atoms with Crippen molar-refractivity contribution in [2.24, 2.45) is 0 Å². The van der Waals surface area contributed by atoms with Gasteiger partial charge in [-0.1, -0.05) is 0 Å². The first-order valence-electron chi connectivity index (χ1n) is 8.95. The third-order valence-corrected chi connectivity index (χ3v) is 3.81. The molecule has 29 heavy (non-hydrogen) atoms. The van der Waals surface area contributed by atoms with Gasteiger partial charge in [0.1, 0.15) is 5.60 Å². The summed E-state index contributed by atoms with van der Waals surface area (Å²) in [6.07, 6.45) is 0.535. The number of rotatable bonds is 9. The molecule has 0 heterocycles. The number of amides is 3. The minimum atomic E-state index is -3.38. The number of hydrogen-bond acceptors (Lipinski definition) is 6. The van der Waals surface area contributed by atoms with E-state index in [0.717, 1.165) is 6.26 Å². The van der Waals surface area contributed by atoms with E-state index in [1.165, 1.54) is 24.3 Å². The number of carbonyl (C=O) groups is 3. The van der Waals surface area contributed by atoms with Crippen LogP contribution in [0.5, 0.6) is 0 Å². The molecular weight excluding hydrogens is 400 g/mol. The number of sulfonamides is 1. The highest BCUT2D eigenvalue weighted by Gasteiger charge is 2.15. The summed E-state index contributed by atoms with van der Waals surface area (Å²) in [5.41, 5.74) is 0.114. The SMILES string of the molecule is CC(C)(C)OC(=O)NCCC(=O)NCCNC(=O)c1ccc(NS(C)(=O)=O)cc1. The van der Waals surface area contributed by atoms with Crippen LogP contribution in [0.4, 0.5) is 10.5 Å². The van der Waals surface area contributed by atoms with E-state index >= 15 is 0 Å². The summed E-state index contributed by atoms with van der Waals surface area (Å²) in [5, 5.41) is 7.75. The second-order valence-corrected chi connectivity index (χ2v) is 8.98. The van der Waals surface area contributed by atoms with Gasteiger partial charge in [0.2, 0.25) is 15.9 Å². The molecule has 4 N–H and O–H groups in total. The van der Waals surface area contributed by atoms with Crippen LogP contribution in [0.3, 0.4) is 0 Å². The molecule has 0 saturated carbocycles. The van der Waals surface area contributed by atoms with Gasteiger partial charge in [-0.15, -0.1) is 0 Å². The largest absolute Gasteiger partial charge is 0.444 e. The molecule has 0 aliphatic rings. The Morgan fingerprint density at radius 1 is 0.931 bits per heavy atom. The van der Waals surface area contributed by atoms with Gasteiger partial charge in [0.05, 0.1) is 6.26 Å². The molecule has 162 valence electrons. The van der Waals surface area contributed by atoms with Gasteiger partial charge in [-0.05, 0) is 45.0 Å². The van der Waals surface area contributed by atoms with Gasteiger partial charge in [0, 0.05) is 37.3 Å². The molecule has 0 atom stereocenters. The van der Waals surface area contributed by atoms with Crippen molar-refractivity contribution < 1.29 is 27.5 Å². The van der Waals surface area contributed by atoms with Crippen LogP contribution >= 0.6 is 0 Å². The third-order valence-electron chi connectivity index (χ3n) is 3.20. The summed E-state index contributed by atoms with van der Waals surface area (Å²) in [4.78, 5) is 35.2. The Labute approximate surface area is 170 Å². The van der Waals surface area contributed by atoms with Crippen molar-refractivity contribution in [1.82, 2.24) is 16.0 Å². The predicted molar refractivity (Wildman–Crippen MR) is 109 cm³/mol. The smallest absolute Gasteiger partial charge is 0.407 e. The maximum Gasteiger partial charge on any atom is 0.407 e. The minimum Gasteiger partial charge on any atom is -0.444 e. The van der Waals surface area contributed by atoms with Crippen molar-refractivity contribution in [3.8, 4) is 0 Å². The van der Waals surface area contributed by atoms with Gasteiger partial charge in [-0.25, -0.2) is 13.2 Å². The fourth-order valence-electron chi connectivity index (χ4n) is 2.06. The summed E-state index contributed by atoms with van der Waals surface area (Å²) in [5.74, 6) is -0.622. The summed E-state index contributed by atoms with van der Waals surface area (Å²) >= 11 is 0. The highest BCUT2D eigenvalue weighted by atomic mass is 32.2. The molecular formula is C18H28N4O6S. The van der Waals surface area contributed by atoms with E-state index in [9.17, 15) is 22.8 Å². The van der Waals surface area contributed by atoms with Crippen LogP contribution in [-0.2, 0) is 19.6 Å². The second kappa shape index (κ2) is 10.6. The number of benzene rings is 1. The van der Waals surface area contributed by atoms with Crippen molar-refractivity contribution >= 4 is 33.6 Å². The zero-order valence-corrected chi connectivity index (χ0v) is 17.8. The first kappa shape index (κ1) is 24.2. The van der Waals surface area contributed by atoms with Gasteiger partial charge in [0.25, 0.3) is 5.91 Å². The lowest BCUT2D eigenvalue weighted by Crippen LogP contribution is -2.37. The maximum atomic E-state index is 12.0. The van der Waals surface area contributed by atoms with E-state index in [0.29, 0.717) is 11.3 Å². The minimum absolute atomic E-state index is 0.0853. The van der Waals surface area contributed by atoms with Crippen LogP contribution in [0.1, 0.15) is 37.6 Å². The first-order chi connectivity index (χ1) is 13.4. The summed E-state index contributed by atoms with van der Waals surface area (Å²) < 4.78 is 29.7. The second-order valence-electron chi connectivity index (χ2n) is 7.24. The standard InChI is InChI=1S/C18H28N4O6S/c1-18(2,3)28-17(25)21-10-9-15(23)19-11-12-20-16(24)13-5-7-14(8-6-13)22-29(4,26)27/h5-8,22H,9-12H2,1-4H3,(H,19,23)(H,20,24)(H,21,25). The first-order valence-corrected chi connectivity index (χ1v) is 10.8. The number of hydrogen-bond donors (Lipinski definition) is 4. The molecule has 0 spiro atoms. The van der Waals surface area contributed by atoms with E-state index in [1.807, 2.05) is 0 Å². The van der Waals surface area contributed by atoms with Crippen LogP contribution in [0.2, 0.25) is 0 Å². The summed E-state index contributed by atoms with van der Waals surface area (Å²) in [7, 11) is -3.38. The number of carbonyl (C=O) groups excluding carboxylic acids is 3. The van der Waals surface area contributed by atoms with E-state index in [2.05, 4.69) is 20.7 Å². The number of ether oxygens (including phenoxy) is 1. The van der Waals surface area contributed by atoms with Gasteiger partial charge in [-0.2, -0.15) is 0 Å². The zero-order chi connectivity index (χ0) is 22.1. The Morgan fingerprint density at radius 3 is 2.07 bits per heavy atom. The van der Waals surface area contributed by atoms with Crippen molar-refractivity contribution in [3.63, 3.8) is 0 Å². The lowest BCUT2D eigenvalue weighted by molar-refractivity contribution is -0.120. The molecule has 0 radical (unpaired) electrons. The zero-order valence-electron chi connectivity index (χ0n) is 17.0. The third kappa shape index (κ3) is 11.6. The monoisotopic (exact) mass is 428 g/mol. The lowest BCUT2D eigenvalue weighted by Gasteiger charge is -2.19. The fourth-order valence-corrected chi connectivity index (χ4v) is 2.63. The molecule has 1 rings (SSSR count). The van der Waals surface area contributed by atoms with Gasteiger partial charge in [-0.3, -0.25) is 14.3 Å². The molecule has 1 aromatic carbocycles. The number of anilines is 1. The Bertz CT molecular complexity index is 816. The highest BCUT2D eigenvalue weighted by molar-refractivity contribution is 7.92. The summed E-state index contributed by atoms with van der Waals surface area (Å²) in [6.45, 7) is 5.82. The van der Waals surface area contributed by atoms with E-state index in [-0.39, 0.29) is 37.9 Å². The molecule has 10 nitrogen and oxygen atoms in total. The molecule has 11 heteroatoms. The maximum absolute atomic E-state index is 12.0. The van der Waals surface area contributed by atoms with E-state index in [4.69, 9.17) is 4.74 Å². The van der Waals surface area contributed by atoms with Crippen molar-refractivity contribution in [2.75, 3.05) is 30.6 Å². The predicted octanol–water partition coefficient (Wildman–Crippen LogP) is 0.819. The molecule has 0 bridgehead atoms. The molecule has 0 aliphatic heterocycles. The molecule has 0 saturated heterocycles. The van der Waals surface area contributed by atoms with Crippen molar-refractivity contribution in [3.05, 3.63) is 29.8 Å².